The fraction of sp³-hybridized carbons (Fsp3) is 0.417. The number of cyclic esters (lactones) is 1. The van der Waals surface area contributed by atoms with Gasteiger partial charge in [0, 0.05) is 17.7 Å². The number of benzene rings is 1. The molecule has 2 aliphatic rings. The number of carbonyl (C=O) groups excluding carboxylic acids is 1. The monoisotopic (exact) mass is 379 g/mol. The predicted octanol–water partition coefficient (Wildman–Crippen LogP) is 5.37. The van der Waals surface area contributed by atoms with E-state index in [0.717, 1.165) is 23.2 Å². The van der Waals surface area contributed by atoms with Crippen LogP contribution in [-0.4, -0.2) is 17.1 Å². The lowest BCUT2D eigenvalue weighted by Crippen LogP contribution is -2.39. The number of aromatic nitrogens is 1. The number of ether oxygens (including phenoxy) is 1. The molecule has 0 N–H and O–H groups in total. The van der Waals surface area contributed by atoms with E-state index in [1.54, 1.807) is 12.3 Å². The molecule has 1 aromatic carbocycles. The minimum absolute atomic E-state index is 0.0131. The van der Waals surface area contributed by atoms with Gasteiger partial charge in [-0.1, -0.05) is 38.1 Å². The summed E-state index contributed by atoms with van der Waals surface area (Å²) in [6.45, 7) is 6.51. The van der Waals surface area contributed by atoms with Gasteiger partial charge in [0.1, 0.15) is 11.9 Å². The Kier molecular flexibility index (Phi) is 5.05. The summed E-state index contributed by atoms with van der Waals surface area (Å²) in [6.07, 6.45) is 6.90. The Bertz CT molecular complexity index is 892. The van der Waals surface area contributed by atoms with Gasteiger partial charge >= 0.3 is 5.97 Å². The second kappa shape index (κ2) is 7.50. The lowest BCUT2D eigenvalue weighted by molar-refractivity contribution is -0.144. The van der Waals surface area contributed by atoms with Crippen LogP contribution >= 0.6 is 0 Å². The lowest BCUT2D eigenvalue weighted by Gasteiger charge is -2.40. The zero-order chi connectivity index (χ0) is 19.8. The van der Waals surface area contributed by atoms with E-state index < -0.39 is 0 Å². The third-order valence-electron chi connectivity index (χ3n) is 6.62. The van der Waals surface area contributed by atoms with E-state index >= 15 is 0 Å². The van der Waals surface area contributed by atoms with Gasteiger partial charge in [0.05, 0.1) is 11.6 Å². The number of hydrogen-bond donors (Lipinski definition) is 0. The fourth-order valence-corrected chi connectivity index (χ4v) is 4.87. The van der Waals surface area contributed by atoms with Gasteiger partial charge < -0.3 is 4.74 Å². The number of esters is 1. The normalized spacial score (nSPS) is 32.4. The number of allylic oxidation sites excluding steroid dienone is 1. The molecular weight excluding hydrogens is 353 g/mol. The summed E-state index contributed by atoms with van der Waals surface area (Å²) < 4.78 is 19.0. The highest BCUT2D eigenvalue weighted by atomic mass is 19.1. The highest BCUT2D eigenvalue weighted by molar-refractivity contribution is 5.75. The van der Waals surface area contributed by atoms with E-state index in [1.165, 1.54) is 12.1 Å². The summed E-state index contributed by atoms with van der Waals surface area (Å²) in [7, 11) is 0. The Morgan fingerprint density at radius 1 is 1.14 bits per heavy atom. The highest BCUT2D eigenvalue weighted by Crippen LogP contribution is 2.48. The molecule has 1 aromatic heterocycles. The summed E-state index contributed by atoms with van der Waals surface area (Å²) in [5.74, 6) is 1.23. The SMILES string of the molecule is C[C@H]1C[C@H]2C(=O)O[C@H](C)[C@H]2C(/C=C/c2ccc(-c3cccc(F)c3)cn2)[C@@H]1C. The standard InChI is InChI=1S/C24H26FNO2/c1-14-11-22-23(16(3)28-24(22)27)21(15(14)2)10-9-20-8-7-18(13-26-20)17-5-4-6-19(25)12-17/h4-10,12-16,21-23H,11H2,1-3H3/b10-9+/t14-,15+,16+,21?,22+,23-/m0/s1. The summed E-state index contributed by atoms with van der Waals surface area (Å²) in [5.41, 5.74) is 2.57. The van der Waals surface area contributed by atoms with Crippen molar-refractivity contribution in [3.8, 4) is 11.1 Å². The number of pyridine rings is 1. The van der Waals surface area contributed by atoms with Gasteiger partial charge in [-0.15, -0.1) is 0 Å². The number of rotatable bonds is 3. The second-order valence-electron chi connectivity index (χ2n) is 8.32. The Labute approximate surface area is 165 Å². The van der Waals surface area contributed by atoms with Crippen molar-refractivity contribution in [2.75, 3.05) is 0 Å². The van der Waals surface area contributed by atoms with Crippen LogP contribution in [0.3, 0.4) is 0 Å². The lowest BCUT2D eigenvalue weighted by atomic mass is 9.62. The second-order valence-corrected chi connectivity index (χ2v) is 8.32. The first-order chi connectivity index (χ1) is 13.4. The molecule has 0 bridgehead atoms. The van der Waals surface area contributed by atoms with E-state index in [1.807, 2.05) is 31.2 Å². The van der Waals surface area contributed by atoms with Gasteiger partial charge in [0.15, 0.2) is 0 Å². The number of hydrogen-bond acceptors (Lipinski definition) is 3. The molecule has 146 valence electrons. The van der Waals surface area contributed by atoms with Gasteiger partial charge in [0.25, 0.3) is 0 Å². The summed E-state index contributed by atoms with van der Waals surface area (Å²) in [5, 5.41) is 0. The van der Waals surface area contributed by atoms with E-state index in [-0.39, 0.29) is 29.7 Å². The van der Waals surface area contributed by atoms with Crippen LogP contribution in [0, 0.1) is 35.4 Å². The topological polar surface area (TPSA) is 39.2 Å². The summed E-state index contributed by atoms with van der Waals surface area (Å²) >= 11 is 0. The molecule has 1 aliphatic carbocycles. The van der Waals surface area contributed by atoms with Crippen molar-refractivity contribution in [2.24, 2.45) is 29.6 Å². The van der Waals surface area contributed by atoms with Crippen molar-refractivity contribution in [3.05, 3.63) is 60.2 Å². The molecular formula is C24H26FNO2. The van der Waals surface area contributed by atoms with E-state index in [2.05, 4.69) is 24.9 Å². The maximum Gasteiger partial charge on any atom is 0.309 e. The summed E-state index contributed by atoms with van der Waals surface area (Å²) in [6, 6.07) is 10.4. The van der Waals surface area contributed by atoms with Gasteiger partial charge in [-0.2, -0.15) is 0 Å². The van der Waals surface area contributed by atoms with Crippen LogP contribution < -0.4 is 0 Å². The molecule has 3 nitrogen and oxygen atoms in total. The maximum absolute atomic E-state index is 13.4. The first-order valence-corrected chi connectivity index (χ1v) is 10.0. The van der Waals surface area contributed by atoms with Gasteiger partial charge in [-0.3, -0.25) is 9.78 Å². The molecule has 1 unspecified atom stereocenters. The maximum atomic E-state index is 13.4. The van der Waals surface area contributed by atoms with E-state index in [4.69, 9.17) is 4.74 Å². The average Bonchev–Trinajstić information content (AvgIpc) is 2.96. The molecule has 0 spiro atoms. The fourth-order valence-electron chi connectivity index (χ4n) is 4.87. The number of fused-ring (bicyclic) bond motifs is 1. The number of carbonyl (C=O) groups is 1. The Morgan fingerprint density at radius 2 is 1.96 bits per heavy atom. The average molecular weight is 379 g/mol. The quantitative estimate of drug-likeness (QED) is 0.673. The van der Waals surface area contributed by atoms with Gasteiger partial charge in [-0.05, 0) is 60.9 Å². The van der Waals surface area contributed by atoms with Crippen LogP contribution in [0.1, 0.15) is 32.9 Å². The Hall–Kier alpha value is -2.49. The van der Waals surface area contributed by atoms with Crippen molar-refractivity contribution < 1.29 is 13.9 Å². The highest BCUT2D eigenvalue weighted by Gasteiger charge is 2.51. The van der Waals surface area contributed by atoms with Crippen LogP contribution in [-0.2, 0) is 9.53 Å². The Balaban J connectivity index is 1.55. The molecule has 0 radical (unpaired) electrons. The summed E-state index contributed by atoms with van der Waals surface area (Å²) in [4.78, 5) is 16.7. The molecule has 1 aliphatic heterocycles. The van der Waals surface area contributed by atoms with Crippen molar-refractivity contribution in [1.29, 1.82) is 0 Å². The van der Waals surface area contributed by atoms with Crippen molar-refractivity contribution >= 4 is 12.0 Å². The van der Waals surface area contributed by atoms with Gasteiger partial charge in [0.2, 0.25) is 0 Å². The van der Waals surface area contributed by atoms with Crippen molar-refractivity contribution in [2.45, 2.75) is 33.3 Å². The molecule has 1 saturated carbocycles. The first kappa shape index (κ1) is 18.9. The molecule has 6 atom stereocenters. The number of nitrogens with zero attached hydrogens (tertiary/aromatic N) is 1. The van der Waals surface area contributed by atoms with Gasteiger partial charge in [-0.25, -0.2) is 4.39 Å². The number of halogens is 1. The van der Waals surface area contributed by atoms with Crippen LogP contribution in [0.4, 0.5) is 4.39 Å². The smallest absolute Gasteiger partial charge is 0.309 e. The first-order valence-electron chi connectivity index (χ1n) is 10.0. The zero-order valence-electron chi connectivity index (χ0n) is 16.5. The predicted molar refractivity (Wildman–Crippen MR) is 108 cm³/mol. The molecule has 28 heavy (non-hydrogen) atoms. The van der Waals surface area contributed by atoms with E-state index in [0.29, 0.717) is 17.8 Å². The van der Waals surface area contributed by atoms with Crippen LogP contribution in [0.2, 0.25) is 0 Å². The largest absolute Gasteiger partial charge is 0.462 e. The minimum Gasteiger partial charge on any atom is -0.462 e. The van der Waals surface area contributed by atoms with Crippen molar-refractivity contribution in [3.63, 3.8) is 0 Å². The molecule has 4 heteroatoms. The molecule has 2 aromatic rings. The molecule has 1 saturated heterocycles. The molecule has 0 amide bonds. The molecule has 2 fully saturated rings. The minimum atomic E-state index is -0.251. The third-order valence-corrected chi connectivity index (χ3v) is 6.62. The van der Waals surface area contributed by atoms with Crippen LogP contribution in [0.25, 0.3) is 17.2 Å². The van der Waals surface area contributed by atoms with Crippen molar-refractivity contribution in [1.82, 2.24) is 4.98 Å². The zero-order valence-corrected chi connectivity index (χ0v) is 16.5. The van der Waals surface area contributed by atoms with E-state index in [9.17, 15) is 9.18 Å². The van der Waals surface area contributed by atoms with Crippen LogP contribution in [0.5, 0.6) is 0 Å². The molecule has 2 heterocycles. The molecule has 4 rings (SSSR count). The third kappa shape index (κ3) is 3.48. The van der Waals surface area contributed by atoms with Crippen LogP contribution in [0.15, 0.2) is 48.7 Å². The Morgan fingerprint density at radius 3 is 2.68 bits per heavy atom.